The molecule has 3 heterocycles. The molecule has 30 heteroatoms. The number of aliphatic hydroxyl groups excluding tert-OH is 2. The van der Waals surface area contributed by atoms with E-state index < -0.39 is 90.5 Å². The number of hydrogen-bond donors (Lipinski definition) is 10. The summed E-state index contributed by atoms with van der Waals surface area (Å²) in [6.07, 6.45) is 9.23. The molecule has 0 spiro atoms. The van der Waals surface area contributed by atoms with Crippen LogP contribution >= 0.6 is 35.2 Å². The van der Waals surface area contributed by atoms with Crippen LogP contribution in [0.25, 0.3) is 11.2 Å². The first-order valence-electron chi connectivity index (χ1n) is 21.0. The molecule has 0 bridgehead atoms. The minimum atomic E-state index is -5.59. The number of aliphatic carboxylic acids is 1. The number of ether oxygens (including phenoxy) is 1. The van der Waals surface area contributed by atoms with Crippen LogP contribution in [0.3, 0.4) is 0 Å². The number of unbranched alkanes of at least 4 members (excludes halogenated alkanes) is 8. The SMILES string of the molecule is CC(C)(COP(=O)(O)OP(=O)(O)OCC1OC(n2cnc3c(N)ncnc32)C(O)C1OP(=O)(O)O)C(O)C(=O)NCCC(=O)NCCSC(=O)/C=C/C=C/CCCCCCCCCCC(=O)O. The Labute approximate surface area is 389 Å². The summed E-state index contributed by atoms with van der Waals surface area (Å²) in [4.78, 5) is 98.6. The number of carbonyl (C=O) groups is 4. The molecule has 1 aliphatic rings. The Morgan fingerprint density at radius 1 is 0.925 bits per heavy atom. The number of fused-ring (bicyclic) bond motifs is 1. The quantitative estimate of drug-likeness (QED) is 0.0218. The Hall–Kier alpha value is -3.49. The van der Waals surface area contributed by atoms with Crippen molar-refractivity contribution in [2.45, 2.75) is 115 Å². The van der Waals surface area contributed by atoms with Gasteiger partial charge in [0.05, 0.1) is 19.5 Å². The van der Waals surface area contributed by atoms with Gasteiger partial charge in [0.25, 0.3) is 0 Å². The Morgan fingerprint density at radius 2 is 1.58 bits per heavy atom. The highest BCUT2D eigenvalue weighted by molar-refractivity contribution is 8.14. The van der Waals surface area contributed by atoms with E-state index in [4.69, 9.17) is 24.6 Å². The van der Waals surface area contributed by atoms with Crippen LogP contribution in [0.2, 0.25) is 0 Å². The molecule has 0 aliphatic carbocycles. The molecule has 2 aromatic heterocycles. The van der Waals surface area contributed by atoms with Gasteiger partial charge < -0.3 is 56.0 Å². The summed E-state index contributed by atoms with van der Waals surface area (Å²) in [5.74, 6) is -1.95. The lowest BCUT2D eigenvalue weighted by Gasteiger charge is -2.30. The Morgan fingerprint density at radius 3 is 2.25 bits per heavy atom. The van der Waals surface area contributed by atoms with E-state index in [9.17, 15) is 62.7 Å². The van der Waals surface area contributed by atoms with E-state index in [2.05, 4.69) is 34.4 Å². The molecule has 1 fully saturated rings. The number of allylic oxidation sites excluding steroid dienone is 3. The molecule has 67 heavy (non-hydrogen) atoms. The first kappa shape index (κ1) is 57.8. The Balaban J connectivity index is 1.33. The van der Waals surface area contributed by atoms with E-state index in [1.54, 1.807) is 6.08 Å². The van der Waals surface area contributed by atoms with Crippen molar-refractivity contribution in [3.63, 3.8) is 0 Å². The molecule has 0 aromatic carbocycles. The van der Waals surface area contributed by atoms with Gasteiger partial charge in [0.1, 0.15) is 36.3 Å². The first-order valence-corrected chi connectivity index (χ1v) is 26.5. The van der Waals surface area contributed by atoms with Gasteiger partial charge in [-0.05, 0) is 25.3 Å². The molecule has 11 N–H and O–H groups in total. The number of aliphatic hydroxyl groups is 2. The molecule has 7 atom stereocenters. The van der Waals surface area contributed by atoms with Gasteiger partial charge >= 0.3 is 29.4 Å². The predicted octanol–water partition coefficient (Wildman–Crippen LogP) is 2.76. The summed E-state index contributed by atoms with van der Waals surface area (Å²) in [5.41, 5.74) is 4.24. The van der Waals surface area contributed by atoms with E-state index in [0.717, 1.165) is 86.8 Å². The average Bonchev–Trinajstić information content (AvgIpc) is 3.80. The fourth-order valence-electron chi connectivity index (χ4n) is 6.24. The maximum Gasteiger partial charge on any atom is 0.481 e. The molecular formula is C37H60N7O19P3S. The Kier molecular flexibility index (Phi) is 23.9. The zero-order chi connectivity index (χ0) is 49.8. The molecule has 1 aliphatic heterocycles. The highest BCUT2D eigenvalue weighted by Gasteiger charge is 2.50. The number of aromatic nitrogens is 4. The minimum absolute atomic E-state index is 0.0251. The van der Waals surface area contributed by atoms with E-state index in [-0.39, 0.29) is 48.0 Å². The van der Waals surface area contributed by atoms with Crippen LogP contribution in [-0.4, -0.2) is 134 Å². The second kappa shape index (κ2) is 27.6. The second-order valence-electron chi connectivity index (χ2n) is 15.8. The minimum Gasteiger partial charge on any atom is -0.481 e. The van der Waals surface area contributed by atoms with Gasteiger partial charge in [-0.1, -0.05) is 82.4 Å². The van der Waals surface area contributed by atoms with Crippen molar-refractivity contribution >= 4 is 75.1 Å². The smallest absolute Gasteiger partial charge is 0.481 e. The number of carbonyl (C=O) groups excluding carboxylic acids is 3. The monoisotopic (exact) mass is 1030 g/mol. The fourth-order valence-corrected chi connectivity index (χ4v) is 9.65. The van der Waals surface area contributed by atoms with Gasteiger partial charge in [-0.3, -0.25) is 37.3 Å². The number of nitrogens with two attached hydrogens (primary N) is 1. The van der Waals surface area contributed by atoms with Crippen molar-refractivity contribution < 1.29 is 90.4 Å². The molecule has 0 radical (unpaired) electrons. The number of nitrogens with zero attached hydrogens (tertiary/aromatic N) is 4. The number of carboxylic acids is 1. The van der Waals surface area contributed by atoms with Crippen LogP contribution in [-0.2, 0) is 55.5 Å². The van der Waals surface area contributed by atoms with Gasteiger partial charge in [-0.2, -0.15) is 4.31 Å². The molecule has 0 saturated carbocycles. The average molecular weight is 1030 g/mol. The number of nitrogens with one attached hydrogen (secondary N) is 2. The van der Waals surface area contributed by atoms with Gasteiger partial charge in [0, 0.05) is 37.1 Å². The second-order valence-corrected chi connectivity index (χ2v) is 21.1. The number of phosphoric acid groups is 3. The predicted molar refractivity (Wildman–Crippen MR) is 239 cm³/mol. The lowest BCUT2D eigenvalue weighted by atomic mass is 9.87. The number of nitrogen functional groups attached to an aromatic ring is 1. The van der Waals surface area contributed by atoms with Gasteiger partial charge in [0.2, 0.25) is 16.9 Å². The van der Waals surface area contributed by atoms with E-state index >= 15 is 0 Å². The Bertz CT molecular complexity index is 2160. The highest BCUT2D eigenvalue weighted by atomic mass is 32.2. The summed E-state index contributed by atoms with van der Waals surface area (Å²) in [5, 5.41) is 34.9. The maximum absolute atomic E-state index is 12.7. The summed E-state index contributed by atoms with van der Waals surface area (Å²) in [7, 11) is -16.4. The standard InChI is InChI=1S/C37H60N7O19P3S/c1-37(2,32(50)35(51)40-18-17-26(45)39-19-20-67-28(48)16-14-12-10-8-6-4-3-5-7-9-11-13-15-27(46)47)22-60-66(57,58)63-65(55,56)59-21-25-31(62-64(52,53)54)30(49)36(61-25)44-24-43-29-33(38)41-23-42-34(29)44/h10,12,14,16,23-25,30-32,36,49-50H,3-9,11,13,15,17-22H2,1-2H3,(H,39,45)(H,40,51)(H,46,47)(H,55,56)(H,57,58)(H2,38,41,42)(H2,52,53,54)/b12-10+,16-14+. The lowest BCUT2D eigenvalue weighted by Crippen LogP contribution is -2.46. The maximum atomic E-state index is 12.7. The van der Waals surface area contributed by atoms with Crippen molar-refractivity contribution in [3.05, 3.63) is 37.0 Å². The van der Waals surface area contributed by atoms with Crippen LogP contribution in [0.15, 0.2) is 37.0 Å². The van der Waals surface area contributed by atoms with Crippen molar-refractivity contribution in [1.29, 1.82) is 0 Å². The zero-order valence-electron chi connectivity index (χ0n) is 36.8. The highest BCUT2D eigenvalue weighted by Crippen LogP contribution is 2.61. The summed E-state index contributed by atoms with van der Waals surface area (Å²) < 4.78 is 62.3. The van der Waals surface area contributed by atoms with Crippen LogP contribution in [0.1, 0.15) is 90.7 Å². The van der Waals surface area contributed by atoms with Gasteiger partial charge in [-0.15, -0.1) is 0 Å². The molecule has 2 amide bonds. The zero-order valence-corrected chi connectivity index (χ0v) is 40.3. The third kappa shape index (κ3) is 21.4. The summed E-state index contributed by atoms with van der Waals surface area (Å²) >= 11 is 1.01. The van der Waals surface area contributed by atoms with Crippen LogP contribution in [0.5, 0.6) is 0 Å². The summed E-state index contributed by atoms with van der Waals surface area (Å²) in [6.45, 7) is 0.401. The third-order valence-corrected chi connectivity index (χ3v) is 13.7. The lowest BCUT2D eigenvalue weighted by molar-refractivity contribution is -0.137. The number of anilines is 1. The molecule has 3 rings (SSSR count). The fraction of sp³-hybridized carbons (Fsp3) is 0.649. The topological polar surface area (TPSA) is 401 Å². The van der Waals surface area contributed by atoms with Crippen LogP contribution < -0.4 is 16.4 Å². The number of carboxylic acid groups (broad SMARTS) is 1. The van der Waals surface area contributed by atoms with Crippen molar-refractivity contribution in [2.75, 3.05) is 37.8 Å². The van der Waals surface area contributed by atoms with Crippen molar-refractivity contribution in [2.24, 2.45) is 5.41 Å². The van der Waals surface area contributed by atoms with Gasteiger partial charge in [-0.25, -0.2) is 28.6 Å². The largest absolute Gasteiger partial charge is 0.481 e. The molecule has 378 valence electrons. The van der Waals surface area contributed by atoms with Crippen molar-refractivity contribution in [1.82, 2.24) is 30.2 Å². The number of amides is 2. The van der Waals surface area contributed by atoms with E-state index in [1.165, 1.54) is 19.9 Å². The molecular weight excluding hydrogens is 971 g/mol. The van der Waals surface area contributed by atoms with E-state index in [1.807, 2.05) is 12.2 Å². The molecule has 7 unspecified atom stereocenters. The number of thioether (sulfide) groups is 1. The summed E-state index contributed by atoms with van der Waals surface area (Å²) in [6, 6.07) is 0. The normalized spacial score (nSPS) is 20.2. The number of imidazole rings is 1. The van der Waals surface area contributed by atoms with Crippen molar-refractivity contribution in [3.8, 4) is 0 Å². The number of phosphoric ester groups is 3. The number of hydrogen-bond acceptors (Lipinski definition) is 19. The molecule has 26 nitrogen and oxygen atoms in total. The van der Waals surface area contributed by atoms with Crippen LogP contribution in [0.4, 0.5) is 5.82 Å². The third-order valence-electron chi connectivity index (χ3n) is 9.74. The van der Waals surface area contributed by atoms with Gasteiger partial charge in [0.15, 0.2) is 17.7 Å². The van der Waals surface area contributed by atoms with E-state index in [0.29, 0.717) is 5.75 Å². The first-order chi connectivity index (χ1) is 31.4. The van der Waals surface area contributed by atoms with Crippen LogP contribution in [0, 0.1) is 5.41 Å². The number of rotatable bonds is 32. The molecule has 2 aromatic rings. The molecule has 1 saturated heterocycles.